The number of amides is 3. The molecule has 0 unspecified atom stereocenters. The molecular weight excluding hydrogens is 458 g/mol. The number of nitrogens with one attached hydrogen (secondary N) is 1. The molecule has 0 saturated carbocycles. The molecule has 0 bridgehead atoms. The molecule has 4 rings (SSSR count). The lowest BCUT2D eigenvalue weighted by Gasteiger charge is -2.42. The van der Waals surface area contributed by atoms with E-state index in [0.29, 0.717) is 10.6 Å². The molecule has 182 valence electrons. The van der Waals surface area contributed by atoms with Crippen molar-refractivity contribution in [2.24, 2.45) is 0 Å². The van der Waals surface area contributed by atoms with E-state index in [0.717, 1.165) is 51.1 Å². The highest BCUT2D eigenvalue weighted by Gasteiger charge is 2.36. The first-order chi connectivity index (χ1) is 16.5. The molecule has 0 aliphatic carbocycles. The number of hydrogen-bond acceptors (Lipinski definition) is 5. The van der Waals surface area contributed by atoms with Gasteiger partial charge in [-0.3, -0.25) is 19.3 Å². The van der Waals surface area contributed by atoms with E-state index in [2.05, 4.69) is 56.1 Å². The van der Waals surface area contributed by atoms with Crippen LogP contribution >= 0.6 is 11.8 Å². The Hall–Kier alpha value is -3.32. The number of allylic oxidation sites excluding steroid dienone is 1. The van der Waals surface area contributed by atoms with E-state index in [-0.39, 0.29) is 12.1 Å². The van der Waals surface area contributed by atoms with Crippen molar-refractivity contribution in [1.29, 1.82) is 0 Å². The van der Waals surface area contributed by atoms with Crippen molar-refractivity contribution in [3.8, 4) is 0 Å². The molecule has 2 aliphatic rings. The van der Waals surface area contributed by atoms with Crippen LogP contribution in [-0.4, -0.2) is 40.6 Å². The average molecular weight is 490 g/mol. The quantitative estimate of drug-likeness (QED) is 0.522. The van der Waals surface area contributed by atoms with E-state index < -0.39 is 17.1 Å². The summed E-state index contributed by atoms with van der Waals surface area (Å²) in [4.78, 5) is 41.9. The fraction of sp³-hybridized carbons (Fsp3) is 0.321. The summed E-state index contributed by atoms with van der Waals surface area (Å²) >= 11 is 0.868. The predicted molar refractivity (Wildman–Crippen MR) is 144 cm³/mol. The van der Waals surface area contributed by atoms with Crippen LogP contribution in [0.4, 0.5) is 16.2 Å². The maximum absolute atomic E-state index is 13.0. The minimum Gasteiger partial charge on any atom is -0.363 e. The van der Waals surface area contributed by atoms with Crippen LogP contribution in [0.25, 0.3) is 11.6 Å². The lowest BCUT2D eigenvalue weighted by atomic mass is 9.88. The Bertz CT molecular complexity index is 1270. The van der Waals surface area contributed by atoms with E-state index in [4.69, 9.17) is 0 Å². The zero-order chi connectivity index (χ0) is 25.5. The Kier molecular flexibility index (Phi) is 6.64. The van der Waals surface area contributed by atoms with Gasteiger partial charge in [-0.25, -0.2) is 0 Å². The molecule has 0 atom stereocenters. The van der Waals surface area contributed by atoms with Crippen LogP contribution < -0.4 is 10.2 Å². The number of likely N-dealkylation sites (N-methyl/N-ethyl adjacent to an activating group) is 1. The second-order valence-electron chi connectivity index (χ2n) is 9.58. The molecule has 6 nitrogen and oxygen atoms in total. The third-order valence-corrected chi connectivity index (χ3v) is 7.44. The molecule has 1 N–H and O–H groups in total. The molecular formula is C28H31N3O3S. The minimum absolute atomic E-state index is 0.0760. The van der Waals surface area contributed by atoms with Gasteiger partial charge in [0.15, 0.2) is 0 Å². The summed E-state index contributed by atoms with van der Waals surface area (Å²) in [6, 6.07) is 11.8. The molecule has 1 fully saturated rings. The summed E-state index contributed by atoms with van der Waals surface area (Å²) in [7, 11) is 0. The lowest BCUT2D eigenvalue weighted by molar-refractivity contribution is -0.127. The van der Waals surface area contributed by atoms with E-state index in [1.807, 2.05) is 38.1 Å². The van der Waals surface area contributed by atoms with Gasteiger partial charge in [-0.1, -0.05) is 30.3 Å². The van der Waals surface area contributed by atoms with Gasteiger partial charge in [0, 0.05) is 23.5 Å². The van der Waals surface area contributed by atoms with Gasteiger partial charge < -0.3 is 10.2 Å². The first-order valence-corrected chi connectivity index (χ1v) is 12.6. The van der Waals surface area contributed by atoms with E-state index >= 15 is 0 Å². The Balaban J connectivity index is 1.53. The predicted octanol–water partition coefficient (Wildman–Crippen LogP) is 6.00. The highest BCUT2D eigenvalue weighted by molar-refractivity contribution is 8.18. The number of benzene rings is 2. The van der Waals surface area contributed by atoms with Crippen molar-refractivity contribution in [2.75, 3.05) is 23.3 Å². The van der Waals surface area contributed by atoms with Crippen molar-refractivity contribution < 1.29 is 14.4 Å². The summed E-state index contributed by atoms with van der Waals surface area (Å²) in [5, 5.41) is 2.40. The summed E-state index contributed by atoms with van der Waals surface area (Å²) in [6.07, 6.45) is 3.99. The number of thioether (sulfide) groups is 1. The largest absolute Gasteiger partial charge is 0.363 e. The molecule has 0 aromatic heterocycles. The highest BCUT2D eigenvalue weighted by Crippen LogP contribution is 2.40. The number of anilines is 2. The molecule has 2 aromatic carbocycles. The van der Waals surface area contributed by atoms with Gasteiger partial charge in [-0.2, -0.15) is 0 Å². The van der Waals surface area contributed by atoms with Gasteiger partial charge in [0.25, 0.3) is 11.1 Å². The Morgan fingerprint density at radius 1 is 1.09 bits per heavy atom. The highest BCUT2D eigenvalue weighted by atomic mass is 32.2. The molecule has 0 radical (unpaired) electrons. The van der Waals surface area contributed by atoms with Gasteiger partial charge in [-0.15, -0.1) is 0 Å². The standard InChI is InChI=1S/C28H31N3O3S/c1-7-31-22-12-11-20(13-21(22)19(4)15-28(31,5)6)14-23-26(33)30(27(34)35-23)16-24(32)29-25-17(2)9-8-10-18(25)3/h8-15H,7,16H2,1-6H3,(H,29,32)/b23-14+. The van der Waals surface area contributed by atoms with Crippen molar-refractivity contribution in [3.05, 3.63) is 69.6 Å². The summed E-state index contributed by atoms with van der Waals surface area (Å²) in [5.74, 6) is -0.847. The number of carbonyl (C=O) groups is 3. The molecule has 7 heteroatoms. The zero-order valence-corrected chi connectivity index (χ0v) is 21.9. The molecule has 35 heavy (non-hydrogen) atoms. The number of hydrogen-bond donors (Lipinski definition) is 1. The number of rotatable bonds is 5. The number of carbonyl (C=O) groups excluding carboxylic acids is 3. The molecule has 1 saturated heterocycles. The van der Waals surface area contributed by atoms with E-state index in [1.165, 1.54) is 5.57 Å². The molecule has 3 amide bonds. The summed E-state index contributed by atoms with van der Waals surface area (Å²) in [5.41, 5.74) is 6.79. The second kappa shape index (κ2) is 9.38. The first-order valence-electron chi connectivity index (χ1n) is 11.7. The summed E-state index contributed by atoms with van der Waals surface area (Å²) < 4.78 is 0. The number of fused-ring (bicyclic) bond motifs is 1. The maximum Gasteiger partial charge on any atom is 0.294 e. The average Bonchev–Trinajstić information content (AvgIpc) is 3.03. The number of imide groups is 1. The zero-order valence-electron chi connectivity index (χ0n) is 21.1. The van der Waals surface area contributed by atoms with Crippen LogP contribution in [-0.2, 0) is 9.59 Å². The van der Waals surface area contributed by atoms with Crippen molar-refractivity contribution in [1.82, 2.24) is 4.90 Å². The van der Waals surface area contributed by atoms with Crippen LogP contribution in [0, 0.1) is 13.8 Å². The van der Waals surface area contributed by atoms with Crippen LogP contribution in [0.1, 0.15) is 49.9 Å². The van der Waals surface area contributed by atoms with Crippen molar-refractivity contribution >= 4 is 51.8 Å². The van der Waals surface area contributed by atoms with E-state index in [1.54, 1.807) is 6.08 Å². The molecule has 2 aromatic rings. The fourth-order valence-electron chi connectivity index (χ4n) is 4.89. The Labute approximate surface area is 211 Å². The van der Waals surface area contributed by atoms with Crippen LogP contribution in [0.2, 0.25) is 0 Å². The van der Waals surface area contributed by atoms with Crippen LogP contribution in [0.15, 0.2) is 47.4 Å². The molecule has 2 heterocycles. The van der Waals surface area contributed by atoms with Crippen molar-refractivity contribution in [3.63, 3.8) is 0 Å². The lowest BCUT2D eigenvalue weighted by Crippen LogP contribution is -2.44. The van der Waals surface area contributed by atoms with Crippen molar-refractivity contribution in [2.45, 2.75) is 47.1 Å². The topological polar surface area (TPSA) is 69.7 Å². The van der Waals surface area contributed by atoms with Gasteiger partial charge in [0.1, 0.15) is 6.54 Å². The Morgan fingerprint density at radius 2 is 1.77 bits per heavy atom. The second-order valence-corrected chi connectivity index (χ2v) is 10.6. The summed E-state index contributed by atoms with van der Waals surface area (Å²) in [6.45, 7) is 13.0. The monoisotopic (exact) mass is 489 g/mol. The Morgan fingerprint density at radius 3 is 2.43 bits per heavy atom. The first kappa shape index (κ1) is 24.8. The fourth-order valence-corrected chi connectivity index (χ4v) is 5.73. The SMILES string of the molecule is CCN1c2ccc(/C=C3/SC(=O)N(CC(=O)Nc4c(C)cccc4C)C3=O)cc2C(C)=CC1(C)C. The maximum atomic E-state index is 13.0. The smallest absolute Gasteiger partial charge is 0.294 e. The van der Waals surface area contributed by atoms with Gasteiger partial charge >= 0.3 is 0 Å². The normalized spacial score (nSPS) is 18.1. The van der Waals surface area contributed by atoms with Crippen LogP contribution in [0.5, 0.6) is 0 Å². The van der Waals surface area contributed by atoms with E-state index in [9.17, 15) is 14.4 Å². The minimum atomic E-state index is -0.446. The molecule has 0 spiro atoms. The third-order valence-electron chi connectivity index (χ3n) is 6.54. The van der Waals surface area contributed by atoms with Gasteiger partial charge in [0.05, 0.1) is 10.4 Å². The number of nitrogens with zero attached hydrogens (tertiary/aromatic N) is 2. The van der Waals surface area contributed by atoms with Gasteiger partial charge in [-0.05, 0) is 93.8 Å². The number of para-hydroxylation sites is 1. The van der Waals surface area contributed by atoms with Crippen LogP contribution in [0.3, 0.4) is 0 Å². The van der Waals surface area contributed by atoms with Gasteiger partial charge in [0.2, 0.25) is 5.91 Å². The number of aryl methyl sites for hydroxylation is 2. The molecule has 2 aliphatic heterocycles. The third kappa shape index (κ3) is 4.78.